The number of halogens is 1. The van der Waals surface area contributed by atoms with Gasteiger partial charge in [0.2, 0.25) is 0 Å². The van der Waals surface area contributed by atoms with Crippen LogP contribution < -0.4 is 10.6 Å². The lowest BCUT2D eigenvalue weighted by atomic mass is 10.2. The van der Waals surface area contributed by atoms with Crippen LogP contribution in [0.25, 0.3) is 0 Å². The summed E-state index contributed by atoms with van der Waals surface area (Å²) in [5.74, 6) is 0.281. The zero-order valence-electron chi connectivity index (χ0n) is 10.1. The first-order valence-corrected chi connectivity index (χ1v) is 6.97. The van der Waals surface area contributed by atoms with Crippen LogP contribution in [-0.2, 0) is 0 Å². The summed E-state index contributed by atoms with van der Waals surface area (Å²) in [6.07, 6.45) is 1.47. The van der Waals surface area contributed by atoms with Crippen molar-refractivity contribution in [2.24, 2.45) is 0 Å². The monoisotopic (exact) mass is 386 g/mol. The Labute approximate surface area is 129 Å². The van der Waals surface area contributed by atoms with Crippen LogP contribution in [0.15, 0.2) is 41.0 Å². The minimum absolute atomic E-state index is 0.256. The van der Waals surface area contributed by atoms with Gasteiger partial charge in [0.25, 0.3) is 5.91 Å². The van der Waals surface area contributed by atoms with Gasteiger partial charge in [0, 0.05) is 9.26 Å². The zero-order valence-corrected chi connectivity index (χ0v) is 13.0. The van der Waals surface area contributed by atoms with Gasteiger partial charge in [-0.1, -0.05) is 0 Å². The van der Waals surface area contributed by atoms with Gasteiger partial charge < -0.3 is 9.73 Å². The van der Waals surface area contributed by atoms with E-state index in [9.17, 15) is 4.79 Å². The van der Waals surface area contributed by atoms with Gasteiger partial charge in [-0.05, 0) is 72.1 Å². The van der Waals surface area contributed by atoms with Crippen molar-refractivity contribution in [2.75, 3.05) is 5.32 Å². The fraction of sp³-hybridized carbons (Fsp3) is 0.0769. The molecule has 1 heterocycles. The minimum atomic E-state index is -0.283. The van der Waals surface area contributed by atoms with E-state index < -0.39 is 0 Å². The molecule has 0 atom stereocenters. The summed E-state index contributed by atoms with van der Waals surface area (Å²) in [5.41, 5.74) is 1.31. The van der Waals surface area contributed by atoms with Crippen LogP contribution >= 0.6 is 34.8 Å². The Kier molecular flexibility index (Phi) is 4.54. The molecule has 0 aliphatic carbocycles. The van der Waals surface area contributed by atoms with Crippen molar-refractivity contribution in [3.8, 4) is 0 Å². The average molecular weight is 386 g/mol. The zero-order chi connectivity index (χ0) is 13.8. The summed E-state index contributed by atoms with van der Waals surface area (Å²) in [5, 5.41) is 5.81. The highest BCUT2D eigenvalue weighted by molar-refractivity contribution is 14.1. The maximum atomic E-state index is 11.9. The summed E-state index contributed by atoms with van der Waals surface area (Å²) in [7, 11) is 0. The molecule has 98 valence electrons. The first kappa shape index (κ1) is 14.0. The maximum absolute atomic E-state index is 11.9. The number of aryl methyl sites for hydroxylation is 1. The van der Waals surface area contributed by atoms with Crippen molar-refractivity contribution in [1.29, 1.82) is 0 Å². The molecule has 0 radical (unpaired) electrons. The predicted molar refractivity (Wildman–Crippen MR) is 86.3 cm³/mol. The summed E-state index contributed by atoms with van der Waals surface area (Å²) >= 11 is 7.31. The first-order chi connectivity index (χ1) is 9.06. The molecule has 2 aromatic rings. The van der Waals surface area contributed by atoms with Gasteiger partial charge in [-0.2, -0.15) is 0 Å². The van der Waals surface area contributed by atoms with E-state index in [0.29, 0.717) is 11.3 Å². The van der Waals surface area contributed by atoms with E-state index in [4.69, 9.17) is 16.6 Å². The molecular weight excluding hydrogens is 375 g/mol. The topological polar surface area (TPSA) is 54.3 Å². The van der Waals surface area contributed by atoms with Crippen LogP contribution in [0.5, 0.6) is 0 Å². The number of carbonyl (C=O) groups excluding carboxylic acids is 1. The van der Waals surface area contributed by atoms with E-state index in [2.05, 4.69) is 33.2 Å². The smallest absolute Gasteiger partial charge is 0.260 e. The molecule has 1 aromatic carbocycles. The van der Waals surface area contributed by atoms with Crippen LogP contribution in [-0.4, -0.2) is 11.0 Å². The standard InChI is InChI=1S/C13H11IN2O2S/c1-8-11(6-7-18-8)12(17)16-13(19)15-10-4-2-9(14)3-5-10/h2-7H,1H3,(H2,15,16,17,19). The van der Waals surface area contributed by atoms with E-state index in [1.807, 2.05) is 24.3 Å². The molecule has 0 unspecified atom stereocenters. The highest BCUT2D eigenvalue weighted by atomic mass is 127. The second kappa shape index (κ2) is 6.16. The molecule has 0 fully saturated rings. The summed E-state index contributed by atoms with van der Waals surface area (Å²) in [6, 6.07) is 9.30. The molecule has 1 amide bonds. The fourth-order valence-electron chi connectivity index (χ4n) is 1.49. The van der Waals surface area contributed by atoms with Gasteiger partial charge in [0.05, 0.1) is 11.8 Å². The number of amides is 1. The number of carbonyl (C=O) groups is 1. The number of nitrogens with one attached hydrogen (secondary N) is 2. The number of benzene rings is 1. The Morgan fingerprint density at radius 3 is 2.53 bits per heavy atom. The molecule has 0 saturated carbocycles. The van der Waals surface area contributed by atoms with E-state index in [1.165, 1.54) is 6.26 Å². The van der Waals surface area contributed by atoms with Gasteiger partial charge in [-0.15, -0.1) is 0 Å². The molecule has 6 heteroatoms. The fourth-order valence-corrected chi connectivity index (χ4v) is 2.06. The third-order valence-corrected chi connectivity index (χ3v) is 3.36. The van der Waals surface area contributed by atoms with Gasteiger partial charge in [0.1, 0.15) is 5.76 Å². The molecule has 2 N–H and O–H groups in total. The Morgan fingerprint density at radius 1 is 1.26 bits per heavy atom. The maximum Gasteiger partial charge on any atom is 0.260 e. The predicted octanol–water partition coefficient (Wildman–Crippen LogP) is 3.32. The van der Waals surface area contributed by atoms with Gasteiger partial charge >= 0.3 is 0 Å². The SMILES string of the molecule is Cc1occc1C(=O)NC(=S)Nc1ccc(I)cc1. The van der Waals surface area contributed by atoms with E-state index >= 15 is 0 Å². The average Bonchev–Trinajstić information content (AvgIpc) is 2.78. The summed E-state index contributed by atoms with van der Waals surface area (Å²) in [4.78, 5) is 11.9. The van der Waals surface area contributed by atoms with Crippen LogP contribution in [0.4, 0.5) is 5.69 Å². The highest BCUT2D eigenvalue weighted by Gasteiger charge is 2.12. The lowest BCUT2D eigenvalue weighted by Gasteiger charge is -2.09. The van der Waals surface area contributed by atoms with E-state index in [0.717, 1.165) is 9.26 Å². The number of thiocarbonyl (C=S) groups is 1. The number of hydrogen-bond donors (Lipinski definition) is 2. The van der Waals surface area contributed by atoms with Crippen LogP contribution in [0.1, 0.15) is 16.1 Å². The Morgan fingerprint density at radius 2 is 1.95 bits per heavy atom. The molecule has 0 spiro atoms. The number of anilines is 1. The summed E-state index contributed by atoms with van der Waals surface area (Å²) < 4.78 is 6.20. The molecule has 0 aliphatic rings. The third-order valence-electron chi connectivity index (χ3n) is 2.43. The summed E-state index contributed by atoms with van der Waals surface area (Å²) in [6.45, 7) is 1.73. The van der Waals surface area contributed by atoms with Crippen molar-refractivity contribution in [1.82, 2.24) is 5.32 Å². The normalized spacial score (nSPS) is 10.0. The molecular formula is C13H11IN2O2S. The molecule has 1 aromatic heterocycles. The number of furan rings is 1. The van der Waals surface area contributed by atoms with Crippen LogP contribution in [0.3, 0.4) is 0 Å². The van der Waals surface area contributed by atoms with Crippen molar-refractivity contribution in [2.45, 2.75) is 6.92 Å². The highest BCUT2D eigenvalue weighted by Crippen LogP contribution is 2.11. The molecule has 0 aliphatic heterocycles. The lowest BCUT2D eigenvalue weighted by Crippen LogP contribution is -2.34. The quantitative estimate of drug-likeness (QED) is 0.614. The van der Waals surface area contributed by atoms with Crippen LogP contribution in [0.2, 0.25) is 0 Å². The van der Waals surface area contributed by atoms with E-state index in [1.54, 1.807) is 13.0 Å². The van der Waals surface area contributed by atoms with Gasteiger partial charge in [-0.3, -0.25) is 10.1 Å². The molecule has 0 saturated heterocycles. The van der Waals surface area contributed by atoms with Crippen molar-refractivity contribution in [3.05, 3.63) is 51.5 Å². The molecule has 19 heavy (non-hydrogen) atoms. The third kappa shape index (κ3) is 3.77. The Hall–Kier alpha value is -1.41. The molecule has 4 nitrogen and oxygen atoms in total. The largest absolute Gasteiger partial charge is 0.469 e. The Bertz CT molecular complexity index is 607. The van der Waals surface area contributed by atoms with Crippen molar-refractivity contribution < 1.29 is 9.21 Å². The number of hydrogen-bond acceptors (Lipinski definition) is 3. The molecule has 2 rings (SSSR count). The number of rotatable bonds is 2. The Balaban J connectivity index is 1.96. The van der Waals surface area contributed by atoms with Crippen LogP contribution in [0, 0.1) is 10.5 Å². The van der Waals surface area contributed by atoms with Gasteiger partial charge in [-0.25, -0.2) is 0 Å². The van der Waals surface area contributed by atoms with E-state index in [-0.39, 0.29) is 11.0 Å². The second-order valence-corrected chi connectivity index (χ2v) is 5.46. The minimum Gasteiger partial charge on any atom is -0.469 e. The first-order valence-electron chi connectivity index (χ1n) is 5.48. The second-order valence-electron chi connectivity index (χ2n) is 3.81. The lowest BCUT2D eigenvalue weighted by molar-refractivity contribution is 0.0976. The molecule has 0 bridgehead atoms. The van der Waals surface area contributed by atoms with Crippen molar-refractivity contribution in [3.63, 3.8) is 0 Å². The van der Waals surface area contributed by atoms with Gasteiger partial charge in [0.15, 0.2) is 5.11 Å². The van der Waals surface area contributed by atoms with Crippen molar-refractivity contribution >= 4 is 51.5 Å².